The highest BCUT2D eigenvalue weighted by atomic mass is 35.5. The van der Waals surface area contributed by atoms with Gasteiger partial charge in [-0.25, -0.2) is 0 Å². The molecule has 0 saturated carbocycles. The normalized spacial score (nSPS) is 17.1. The zero-order chi connectivity index (χ0) is 13.8. The van der Waals surface area contributed by atoms with Crippen LogP contribution in [-0.2, 0) is 4.79 Å². The van der Waals surface area contributed by atoms with E-state index in [0.717, 1.165) is 18.7 Å². The van der Waals surface area contributed by atoms with Crippen molar-refractivity contribution in [3.63, 3.8) is 0 Å². The van der Waals surface area contributed by atoms with Gasteiger partial charge in [-0.15, -0.1) is 0 Å². The van der Waals surface area contributed by atoms with Gasteiger partial charge < -0.3 is 10.2 Å². The van der Waals surface area contributed by atoms with Crippen LogP contribution in [0.15, 0.2) is 18.2 Å². The van der Waals surface area contributed by atoms with E-state index in [9.17, 15) is 4.79 Å². The van der Waals surface area contributed by atoms with Gasteiger partial charge in [-0.3, -0.25) is 4.79 Å². The molecule has 0 spiro atoms. The molecule has 0 bridgehead atoms. The molecular weight excluding hydrogens is 260 g/mol. The Kier molecular flexibility index (Phi) is 4.70. The van der Waals surface area contributed by atoms with Crippen molar-refractivity contribution in [3.05, 3.63) is 28.8 Å². The number of hydrogen-bond acceptors (Lipinski definition) is 2. The lowest BCUT2D eigenvalue weighted by Gasteiger charge is -2.32. The van der Waals surface area contributed by atoms with Gasteiger partial charge in [-0.2, -0.15) is 0 Å². The number of piperidine rings is 1. The van der Waals surface area contributed by atoms with Crippen LogP contribution in [0, 0.1) is 0 Å². The molecule has 1 aliphatic rings. The van der Waals surface area contributed by atoms with Crippen LogP contribution in [0.4, 0.5) is 5.69 Å². The summed E-state index contributed by atoms with van der Waals surface area (Å²) in [5.74, 6) is -0.0166. The minimum atomic E-state index is -0.0203. The Hall–Kier alpha value is -1.22. The number of benzene rings is 1. The molecule has 0 aromatic heterocycles. The molecule has 1 saturated heterocycles. The smallest absolute Gasteiger partial charge is 0.217 e. The van der Waals surface area contributed by atoms with Crippen molar-refractivity contribution in [1.29, 1.82) is 0 Å². The minimum Gasteiger partial charge on any atom is -0.371 e. The van der Waals surface area contributed by atoms with Gasteiger partial charge in [0.25, 0.3) is 0 Å². The summed E-state index contributed by atoms with van der Waals surface area (Å²) in [5, 5.41) is 3.66. The monoisotopic (exact) mass is 280 g/mol. The fourth-order valence-electron chi connectivity index (χ4n) is 2.68. The first-order chi connectivity index (χ1) is 9.08. The molecule has 2 rings (SSSR count). The van der Waals surface area contributed by atoms with Gasteiger partial charge in [0.1, 0.15) is 0 Å². The molecule has 4 heteroatoms. The molecule has 19 heavy (non-hydrogen) atoms. The molecule has 1 amide bonds. The Labute approximate surface area is 119 Å². The van der Waals surface area contributed by atoms with E-state index in [2.05, 4.69) is 16.3 Å². The summed E-state index contributed by atoms with van der Waals surface area (Å²) in [6.07, 6.45) is 3.77. The molecule has 0 aliphatic carbocycles. The zero-order valence-electron chi connectivity index (χ0n) is 11.6. The number of carbonyl (C=O) groups is 1. The van der Waals surface area contributed by atoms with Gasteiger partial charge in [-0.05, 0) is 49.9 Å². The number of nitrogens with one attached hydrogen (secondary N) is 1. The van der Waals surface area contributed by atoms with Crippen molar-refractivity contribution in [1.82, 2.24) is 5.32 Å². The maximum absolute atomic E-state index is 11.2. The van der Waals surface area contributed by atoms with Crippen LogP contribution in [0.3, 0.4) is 0 Å². The van der Waals surface area contributed by atoms with Crippen LogP contribution >= 0.6 is 11.6 Å². The molecule has 104 valence electrons. The maximum Gasteiger partial charge on any atom is 0.217 e. The van der Waals surface area contributed by atoms with E-state index >= 15 is 0 Å². The largest absolute Gasteiger partial charge is 0.371 e. The van der Waals surface area contributed by atoms with Crippen LogP contribution in [0.1, 0.15) is 44.7 Å². The first-order valence-electron chi connectivity index (χ1n) is 6.89. The summed E-state index contributed by atoms with van der Waals surface area (Å²) in [6.45, 7) is 5.71. The van der Waals surface area contributed by atoms with Crippen LogP contribution in [-0.4, -0.2) is 19.0 Å². The predicted molar refractivity (Wildman–Crippen MR) is 79.7 cm³/mol. The minimum absolute atomic E-state index is 0.0166. The van der Waals surface area contributed by atoms with Crippen molar-refractivity contribution in [3.8, 4) is 0 Å². The molecular formula is C15H21ClN2O. The SMILES string of the molecule is CC(=O)N[C@@H](C)c1cc(Cl)ccc1N1CCCCC1. The summed E-state index contributed by atoms with van der Waals surface area (Å²) < 4.78 is 0. The van der Waals surface area contributed by atoms with E-state index in [1.54, 1.807) is 6.92 Å². The lowest BCUT2D eigenvalue weighted by atomic mass is 10.0. The fraction of sp³-hybridized carbons (Fsp3) is 0.533. The molecule has 0 radical (unpaired) electrons. The number of halogens is 1. The average molecular weight is 281 g/mol. The first kappa shape index (κ1) is 14.2. The number of hydrogen-bond donors (Lipinski definition) is 1. The molecule has 3 nitrogen and oxygen atoms in total. The van der Waals surface area contributed by atoms with Crippen LogP contribution in [0.25, 0.3) is 0 Å². The van der Waals surface area contributed by atoms with Crippen molar-refractivity contribution in [2.75, 3.05) is 18.0 Å². The van der Waals surface area contributed by atoms with E-state index in [1.165, 1.54) is 24.9 Å². The Morgan fingerprint density at radius 1 is 1.32 bits per heavy atom. The van der Waals surface area contributed by atoms with Gasteiger partial charge in [0.2, 0.25) is 5.91 Å². The van der Waals surface area contributed by atoms with Crippen LogP contribution in [0.2, 0.25) is 5.02 Å². The third-order valence-corrected chi connectivity index (χ3v) is 3.81. The molecule has 1 aliphatic heterocycles. The summed E-state index contributed by atoms with van der Waals surface area (Å²) in [6, 6.07) is 5.94. The second-order valence-corrected chi connectivity index (χ2v) is 5.61. The predicted octanol–water partition coefficient (Wildman–Crippen LogP) is 3.53. The lowest BCUT2D eigenvalue weighted by Crippen LogP contribution is -2.32. The molecule has 1 N–H and O–H groups in total. The molecule has 1 heterocycles. The number of anilines is 1. The zero-order valence-corrected chi connectivity index (χ0v) is 12.3. The van der Waals surface area contributed by atoms with Crippen LogP contribution < -0.4 is 10.2 Å². The summed E-state index contributed by atoms with van der Waals surface area (Å²) in [5.41, 5.74) is 2.30. The maximum atomic E-state index is 11.2. The molecule has 0 unspecified atom stereocenters. The Bertz CT molecular complexity index is 455. The van der Waals surface area contributed by atoms with Gasteiger partial charge in [0.05, 0.1) is 6.04 Å². The van der Waals surface area contributed by atoms with Gasteiger partial charge in [-0.1, -0.05) is 11.6 Å². The van der Waals surface area contributed by atoms with Gasteiger partial charge in [0.15, 0.2) is 0 Å². The molecule has 1 aromatic rings. The van der Waals surface area contributed by atoms with Crippen molar-refractivity contribution < 1.29 is 4.79 Å². The second-order valence-electron chi connectivity index (χ2n) is 5.17. The molecule has 1 aromatic carbocycles. The van der Waals surface area contributed by atoms with E-state index in [0.29, 0.717) is 5.02 Å². The third-order valence-electron chi connectivity index (χ3n) is 3.57. The number of nitrogens with zero attached hydrogens (tertiary/aromatic N) is 1. The van der Waals surface area contributed by atoms with Gasteiger partial charge >= 0.3 is 0 Å². The first-order valence-corrected chi connectivity index (χ1v) is 7.27. The quantitative estimate of drug-likeness (QED) is 0.919. The van der Waals surface area contributed by atoms with Crippen LogP contribution in [0.5, 0.6) is 0 Å². The fourth-order valence-corrected chi connectivity index (χ4v) is 2.86. The number of carbonyl (C=O) groups excluding carboxylic acids is 1. The van der Waals surface area contributed by atoms with E-state index in [-0.39, 0.29) is 11.9 Å². The summed E-state index contributed by atoms with van der Waals surface area (Å²) in [4.78, 5) is 13.6. The topological polar surface area (TPSA) is 32.3 Å². The third kappa shape index (κ3) is 3.63. The Morgan fingerprint density at radius 2 is 2.00 bits per heavy atom. The van der Waals surface area contributed by atoms with E-state index < -0.39 is 0 Å². The van der Waals surface area contributed by atoms with Crippen molar-refractivity contribution in [2.45, 2.75) is 39.2 Å². The molecule has 1 fully saturated rings. The highest BCUT2D eigenvalue weighted by molar-refractivity contribution is 6.30. The Morgan fingerprint density at radius 3 is 2.63 bits per heavy atom. The van der Waals surface area contributed by atoms with Gasteiger partial charge in [0, 0.05) is 30.7 Å². The highest BCUT2D eigenvalue weighted by Gasteiger charge is 2.18. The van der Waals surface area contributed by atoms with Crippen molar-refractivity contribution in [2.24, 2.45) is 0 Å². The van der Waals surface area contributed by atoms with E-state index in [1.807, 2.05) is 19.1 Å². The lowest BCUT2D eigenvalue weighted by molar-refractivity contribution is -0.119. The second kappa shape index (κ2) is 6.29. The number of amides is 1. The standard InChI is InChI=1S/C15H21ClN2O/c1-11(17-12(2)19)14-10-13(16)6-7-15(14)18-8-4-3-5-9-18/h6-7,10-11H,3-5,8-9H2,1-2H3,(H,17,19)/t11-/m0/s1. The average Bonchev–Trinajstić information content (AvgIpc) is 2.39. The van der Waals surface area contributed by atoms with Crippen molar-refractivity contribution >= 4 is 23.2 Å². The number of rotatable bonds is 3. The summed E-state index contributed by atoms with van der Waals surface area (Å²) >= 11 is 6.11. The highest BCUT2D eigenvalue weighted by Crippen LogP contribution is 2.31. The Balaban J connectivity index is 2.28. The summed E-state index contributed by atoms with van der Waals surface area (Å²) in [7, 11) is 0. The van der Waals surface area contributed by atoms with E-state index in [4.69, 9.17) is 11.6 Å². The molecule has 1 atom stereocenters.